The number of carbonyl (C=O) groups excluding carboxylic acids is 1. The van der Waals surface area contributed by atoms with Crippen LogP contribution in [0.25, 0.3) is 0 Å². The largest absolute Gasteiger partial charge is 0.378 e. The Labute approximate surface area is 129 Å². The Bertz CT molecular complexity index is 649. The SMILES string of the molecule is CN(C)c1ccc(/C=N/NC(=O)Cc2ccc(F)cc2)cc1. The maximum absolute atomic E-state index is 12.8. The van der Waals surface area contributed by atoms with E-state index in [0.29, 0.717) is 0 Å². The van der Waals surface area contributed by atoms with Gasteiger partial charge in [-0.3, -0.25) is 4.79 Å². The molecule has 0 spiro atoms. The Morgan fingerprint density at radius 3 is 2.36 bits per heavy atom. The number of carbonyl (C=O) groups is 1. The van der Waals surface area contributed by atoms with Gasteiger partial charge in [0.25, 0.3) is 0 Å². The van der Waals surface area contributed by atoms with Gasteiger partial charge in [0, 0.05) is 19.8 Å². The van der Waals surface area contributed by atoms with Crippen molar-refractivity contribution in [2.75, 3.05) is 19.0 Å². The number of amides is 1. The molecule has 0 aliphatic rings. The lowest BCUT2D eigenvalue weighted by Gasteiger charge is -2.11. The summed E-state index contributed by atoms with van der Waals surface area (Å²) in [6.07, 6.45) is 1.75. The summed E-state index contributed by atoms with van der Waals surface area (Å²) < 4.78 is 12.8. The van der Waals surface area contributed by atoms with Crippen LogP contribution >= 0.6 is 0 Å². The fraction of sp³-hybridized carbons (Fsp3) is 0.176. The van der Waals surface area contributed by atoms with E-state index in [4.69, 9.17) is 0 Å². The molecular formula is C17H18FN3O. The third-order valence-electron chi connectivity index (χ3n) is 3.09. The predicted molar refractivity (Wildman–Crippen MR) is 86.6 cm³/mol. The molecule has 4 nitrogen and oxygen atoms in total. The summed E-state index contributed by atoms with van der Waals surface area (Å²) in [4.78, 5) is 13.7. The van der Waals surface area contributed by atoms with Crippen LogP contribution < -0.4 is 10.3 Å². The average Bonchev–Trinajstić information content (AvgIpc) is 2.50. The van der Waals surface area contributed by atoms with Crippen molar-refractivity contribution < 1.29 is 9.18 Å². The van der Waals surface area contributed by atoms with E-state index in [1.165, 1.54) is 12.1 Å². The topological polar surface area (TPSA) is 44.7 Å². The monoisotopic (exact) mass is 299 g/mol. The molecule has 22 heavy (non-hydrogen) atoms. The van der Waals surface area contributed by atoms with Crippen LogP contribution in [0.4, 0.5) is 10.1 Å². The van der Waals surface area contributed by atoms with E-state index in [9.17, 15) is 9.18 Å². The highest BCUT2D eigenvalue weighted by molar-refractivity contribution is 5.83. The zero-order valence-electron chi connectivity index (χ0n) is 12.6. The van der Waals surface area contributed by atoms with E-state index in [2.05, 4.69) is 10.5 Å². The zero-order chi connectivity index (χ0) is 15.9. The number of hydrazone groups is 1. The molecular weight excluding hydrogens is 281 g/mol. The van der Waals surface area contributed by atoms with Gasteiger partial charge in [0.1, 0.15) is 5.82 Å². The fourth-order valence-electron chi connectivity index (χ4n) is 1.86. The van der Waals surface area contributed by atoms with Gasteiger partial charge in [-0.05, 0) is 35.4 Å². The molecule has 0 heterocycles. The van der Waals surface area contributed by atoms with Gasteiger partial charge in [0.15, 0.2) is 0 Å². The molecule has 2 aromatic rings. The molecule has 114 valence electrons. The number of hydrogen-bond acceptors (Lipinski definition) is 3. The van der Waals surface area contributed by atoms with E-state index in [-0.39, 0.29) is 18.1 Å². The third kappa shape index (κ3) is 4.70. The summed E-state index contributed by atoms with van der Waals surface area (Å²) >= 11 is 0. The summed E-state index contributed by atoms with van der Waals surface area (Å²) in [6, 6.07) is 13.6. The average molecular weight is 299 g/mol. The van der Waals surface area contributed by atoms with E-state index in [1.807, 2.05) is 43.3 Å². The van der Waals surface area contributed by atoms with Crippen LogP contribution in [0.5, 0.6) is 0 Å². The Morgan fingerprint density at radius 1 is 1.14 bits per heavy atom. The van der Waals surface area contributed by atoms with Gasteiger partial charge in [0.2, 0.25) is 5.91 Å². The molecule has 0 bridgehead atoms. The highest BCUT2D eigenvalue weighted by Crippen LogP contribution is 2.10. The van der Waals surface area contributed by atoms with Crippen LogP contribution in [0.2, 0.25) is 0 Å². The third-order valence-corrected chi connectivity index (χ3v) is 3.09. The molecule has 1 N–H and O–H groups in total. The lowest BCUT2D eigenvalue weighted by Crippen LogP contribution is -2.19. The van der Waals surface area contributed by atoms with Gasteiger partial charge in [-0.1, -0.05) is 24.3 Å². The van der Waals surface area contributed by atoms with Gasteiger partial charge in [-0.15, -0.1) is 0 Å². The van der Waals surface area contributed by atoms with Crippen LogP contribution in [-0.2, 0) is 11.2 Å². The van der Waals surface area contributed by atoms with Gasteiger partial charge < -0.3 is 4.90 Å². The van der Waals surface area contributed by atoms with Crippen LogP contribution in [0.15, 0.2) is 53.6 Å². The first-order chi connectivity index (χ1) is 10.5. The number of hydrogen-bond donors (Lipinski definition) is 1. The Hall–Kier alpha value is -2.69. The minimum atomic E-state index is -0.316. The Kier molecular flexibility index (Phi) is 5.25. The Balaban J connectivity index is 1.86. The maximum atomic E-state index is 12.8. The minimum absolute atomic E-state index is 0.164. The van der Waals surface area contributed by atoms with E-state index < -0.39 is 0 Å². The van der Waals surface area contributed by atoms with Crippen LogP contribution in [0.1, 0.15) is 11.1 Å². The molecule has 0 fully saturated rings. The van der Waals surface area contributed by atoms with Crippen molar-refractivity contribution in [1.82, 2.24) is 5.43 Å². The molecule has 0 saturated carbocycles. The second-order valence-electron chi connectivity index (χ2n) is 5.08. The van der Waals surface area contributed by atoms with Crippen molar-refractivity contribution >= 4 is 17.8 Å². The molecule has 0 saturated heterocycles. The smallest absolute Gasteiger partial charge is 0.244 e. The van der Waals surface area contributed by atoms with Gasteiger partial charge in [0.05, 0.1) is 12.6 Å². The molecule has 0 aliphatic carbocycles. The molecule has 2 rings (SSSR count). The summed E-state index contributed by atoms with van der Waals surface area (Å²) in [5.41, 5.74) is 5.19. The predicted octanol–water partition coefficient (Wildman–Crippen LogP) is 2.58. The van der Waals surface area contributed by atoms with Gasteiger partial charge in [-0.25, -0.2) is 9.82 Å². The summed E-state index contributed by atoms with van der Waals surface area (Å²) in [6.45, 7) is 0. The quantitative estimate of drug-likeness (QED) is 0.681. The number of halogens is 1. The molecule has 2 aromatic carbocycles. The van der Waals surface area contributed by atoms with Crippen LogP contribution in [0.3, 0.4) is 0 Å². The molecule has 0 aromatic heterocycles. The standard InChI is InChI=1S/C17H18FN3O/c1-21(2)16-9-5-14(6-10-16)12-19-20-17(22)11-13-3-7-15(18)8-4-13/h3-10,12H,11H2,1-2H3,(H,20,22)/b19-12+. The molecule has 0 atom stereocenters. The summed E-state index contributed by atoms with van der Waals surface area (Å²) in [7, 11) is 3.94. The lowest BCUT2D eigenvalue weighted by molar-refractivity contribution is -0.120. The zero-order valence-corrected chi connectivity index (χ0v) is 12.6. The molecule has 0 aliphatic heterocycles. The van der Waals surface area contributed by atoms with Crippen molar-refractivity contribution in [2.24, 2.45) is 5.10 Å². The van der Waals surface area contributed by atoms with E-state index in [0.717, 1.165) is 16.8 Å². The minimum Gasteiger partial charge on any atom is -0.378 e. The van der Waals surface area contributed by atoms with E-state index >= 15 is 0 Å². The first-order valence-electron chi connectivity index (χ1n) is 6.88. The van der Waals surface area contributed by atoms with Crippen LogP contribution in [-0.4, -0.2) is 26.2 Å². The highest BCUT2D eigenvalue weighted by Gasteiger charge is 2.02. The van der Waals surface area contributed by atoms with Crippen LogP contribution in [0, 0.1) is 5.82 Å². The molecule has 0 unspecified atom stereocenters. The van der Waals surface area contributed by atoms with Crippen molar-refractivity contribution in [1.29, 1.82) is 0 Å². The van der Waals surface area contributed by atoms with E-state index in [1.54, 1.807) is 18.3 Å². The lowest BCUT2D eigenvalue weighted by atomic mass is 10.1. The number of benzene rings is 2. The number of nitrogens with one attached hydrogen (secondary N) is 1. The summed E-state index contributed by atoms with van der Waals surface area (Å²) in [5.74, 6) is -0.559. The first kappa shape index (κ1) is 15.7. The normalized spacial score (nSPS) is 10.7. The molecule has 0 radical (unpaired) electrons. The number of nitrogens with zero attached hydrogens (tertiary/aromatic N) is 2. The van der Waals surface area contributed by atoms with Crippen molar-refractivity contribution in [3.63, 3.8) is 0 Å². The molecule has 5 heteroatoms. The summed E-state index contributed by atoms with van der Waals surface area (Å²) in [5, 5.41) is 3.92. The van der Waals surface area contributed by atoms with Gasteiger partial charge >= 0.3 is 0 Å². The highest BCUT2D eigenvalue weighted by atomic mass is 19.1. The van der Waals surface area contributed by atoms with Crippen molar-refractivity contribution in [3.8, 4) is 0 Å². The first-order valence-corrected chi connectivity index (χ1v) is 6.88. The maximum Gasteiger partial charge on any atom is 0.244 e. The number of anilines is 1. The fourth-order valence-corrected chi connectivity index (χ4v) is 1.86. The van der Waals surface area contributed by atoms with Crippen molar-refractivity contribution in [2.45, 2.75) is 6.42 Å². The second-order valence-corrected chi connectivity index (χ2v) is 5.08. The second kappa shape index (κ2) is 7.36. The Morgan fingerprint density at radius 2 is 1.77 bits per heavy atom. The van der Waals surface area contributed by atoms with Gasteiger partial charge in [-0.2, -0.15) is 5.10 Å². The van der Waals surface area contributed by atoms with Crippen molar-refractivity contribution in [3.05, 3.63) is 65.5 Å². The number of rotatable bonds is 5. The molecule has 1 amide bonds.